The van der Waals surface area contributed by atoms with Gasteiger partial charge in [-0.15, -0.1) is 0 Å². The van der Waals surface area contributed by atoms with Crippen molar-refractivity contribution in [3.05, 3.63) is 11.6 Å². The molecule has 1 N–H and O–H groups in total. The first-order valence-corrected chi connectivity index (χ1v) is 9.07. The molecule has 0 bridgehead atoms. The van der Waals surface area contributed by atoms with Crippen molar-refractivity contribution in [1.29, 1.82) is 0 Å². The van der Waals surface area contributed by atoms with Gasteiger partial charge >= 0.3 is 0 Å². The van der Waals surface area contributed by atoms with Gasteiger partial charge in [-0.2, -0.15) is 0 Å². The molecule has 0 aromatic rings. The number of aliphatic hydroxyl groups is 1. The molecule has 3 saturated carbocycles. The van der Waals surface area contributed by atoms with E-state index in [4.69, 9.17) is 0 Å². The molecular formula is C19H28O2. The molecule has 2 heteroatoms. The number of hydrogen-bond donors (Lipinski definition) is 1. The van der Waals surface area contributed by atoms with Crippen molar-refractivity contribution in [3.63, 3.8) is 0 Å². The molecule has 4 aliphatic carbocycles. The summed E-state index contributed by atoms with van der Waals surface area (Å²) in [5.74, 6) is 3.40. The highest BCUT2D eigenvalue weighted by atomic mass is 16.3. The van der Waals surface area contributed by atoms with E-state index in [1.54, 1.807) is 0 Å². The zero-order chi connectivity index (χ0) is 14.6. The lowest BCUT2D eigenvalue weighted by atomic mass is 9.51. The molecule has 3 fully saturated rings. The third kappa shape index (κ3) is 1.91. The summed E-state index contributed by atoms with van der Waals surface area (Å²) in [6.45, 7) is 2.29. The minimum absolute atomic E-state index is 0.0571. The Labute approximate surface area is 128 Å². The summed E-state index contributed by atoms with van der Waals surface area (Å²) in [4.78, 5) is 11.7. The van der Waals surface area contributed by atoms with Gasteiger partial charge in [0.15, 0.2) is 5.78 Å². The van der Waals surface area contributed by atoms with E-state index in [9.17, 15) is 9.90 Å². The number of hydrogen-bond acceptors (Lipinski definition) is 2. The van der Waals surface area contributed by atoms with Gasteiger partial charge in [0.2, 0.25) is 0 Å². The maximum absolute atomic E-state index is 11.7. The van der Waals surface area contributed by atoms with Crippen LogP contribution in [0.1, 0.15) is 64.7 Å². The number of fused-ring (bicyclic) bond motifs is 5. The molecule has 0 unspecified atom stereocenters. The van der Waals surface area contributed by atoms with E-state index in [0.717, 1.165) is 49.9 Å². The van der Waals surface area contributed by atoms with E-state index in [1.165, 1.54) is 31.3 Å². The van der Waals surface area contributed by atoms with Crippen LogP contribution in [0.4, 0.5) is 0 Å². The van der Waals surface area contributed by atoms with Gasteiger partial charge in [0.25, 0.3) is 0 Å². The summed E-state index contributed by atoms with van der Waals surface area (Å²) >= 11 is 0. The Balaban J connectivity index is 1.64. The molecule has 0 saturated heterocycles. The van der Waals surface area contributed by atoms with E-state index in [0.29, 0.717) is 11.7 Å². The standard InChI is InChI=1S/C19H28O2/c1-2-19-10-9-15-14-6-4-13(20)11-12(14)3-5-16(15)17(19)7-8-18(19)21/h11,14-18,21H,2-10H2,1H3/t14-,15+,16+,17-,18-,19-/m0/s1. The molecule has 0 amide bonds. The normalized spacial score (nSPS) is 49.1. The van der Waals surface area contributed by atoms with Crippen LogP contribution < -0.4 is 0 Å². The molecule has 0 spiro atoms. The minimum Gasteiger partial charge on any atom is -0.393 e. The average Bonchev–Trinajstić information content (AvgIpc) is 2.84. The van der Waals surface area contributed by atoms with Crippen LogP contribution in [0.25, 0.3) is 0 Å². The highest BCUT2D eigenvalue weighted by Gasteiger charge is 2.57. The van der Waals surface area contributed by atoms with Crippen LogP contribution in [-0.4, -0.2) is 17.0 Å². The number of ketones is 1. The van der Waals surface area contributed by atoms with E-state index >= 15 is 0 Å². The summed E-state index contributed by atoms with van der Waals surface area (Å²) in [7, 11) is 0. The highest BCUT2D eigenvalue weighted by Crippen LogP contribution is 2.62. The summed E-state index contributed by atoms with van der Waals surface area (Å²) in [6, 6.07) is 0. The molecule has 4 rings (SSSR count). The first-order chi connectivity index (χ1) is 10.2. The van der Waals surface area contributed by atoms with Crippen LogP contribution in [0, 0.1) is 29.1 Å². The summed E-state index contributed by atoms with van der Waals surface area (Å²) in [5, 5.41) is 10.6. The van der Waals surface area contributed by atoms with Crippen molar-refractivity contribution < 1.29 is 9.90 Å². The summed E-state index contributed by atoms with van der Waals surface area (Å²) in [5.41, 5.74) is 1.70. The first-order valence-electron chi connectivity index (χ1n) is 9.07. The van der Waals surface area contributed by atoms with Gasteiger partial charge in [-0.05, 0) is 86.5 Å². The summed E-state index contributed by atoms with van der Waals surface area (Å²) < 4.78 is 0. The second kappa shape index (κ2) is 4.94. The number of carbonyl (C=O) groups is 1. The zero-order valence-electron chi connectivity index (χ0n) is 13.2. The third-order valence-corrected chi connectivity index (χ3v) is 7.63. The van der Waals surface area contributed by atoms with Crippen LogP contribution in [0.5, 0.6) is 0 Å². The lowest BCUT2D eigenvalue weighted by Crippen LogP contribution is -2.48. The number of aliphatic hydroxyl groups excluding tert-OH is 1. The quantitative estimate of drug-likeness (QED) is 0.795. The van der Waals surface area contributed by atoms with Gasteiger partial charge in [-0.1, -0.05) is 12.5 Å². The molecule has 116 valence electrons. The van der Waals surface area contributed by atoms with Gasteiger partial charge in [-0.25, -0.2) is 0 Å². The van der Waals surface area contributed by atoms with E-state index in [1.807, 2.05) is 6.08 Å². The SMILES string of the molecule is CC[C@]12CC[C@H]3[C@@H](CCC4=CC(=O)CC[C@@H]43)[C@@H]1CC[C@@H]2O. The topological polar surface area (TPSA) is 37.3 Å². The zero-order valence-corrected chi connectivity index (χ0v) is 13.2. The Morgan fingerprint density at radius 2 is 2.00 bits per heavy atom. The fourth-order valence-corrected chi connectivity index (χ4v) is 6.64. The monoisotopic (exact) mass is 288 g/mol. The second-order valence-electron chi connectivity index (χ2n) is 8.02. The van der Waals surface area contributed by atoms with Crippen LogP contribution in [0.3, 0.4) is 0 Å². The molecule has 21 heavy (non-hydrogen) atoms. The van der Waals surface area contributed by atoms with Gasteiger partial charge in [0, 0.05) is 6.42 Å². The van der Waals surface area contributed by atoms with E-state index in [-0.39, 0.29) is 11.5 Å². The maximum Gasteiger partial charge on any atom is 0.155 e. The average molecular weight is 288 g/mol. The molecule has 6 atom stereocenters. The predicted octanol–water partition coefficient (Wildman–Crippen LogP) is 3.88. The van der Waals surface area contributed by atoms with Gasteiger partial charge in [0.05, 0.1) is 6.10 Å². The molecule has 2 nitrogen and oxygen atoms in total. The Hall–Kier alpha value is -0.630. The van der Waals surface area contributed by atoms with Crippen molar-refractivity contribution in [3.8, 4) is 0 Å². The Morgan fingerprint density at radius 1 is 1.14 bits per heavy atom. The first kappa shape index (κ1) is 14.0. The molecule has 0 aromatic carbocycles. The Kier molecular flexibility index (Phi) is 3.29. The number of allylic oxidation sites excluding steroid dienone is 1. The van der Waals surface area contributed by atoms with Crippen LogP contribution in [0.15, 0.2) is 11.6 Å². The van der Waals surface area contributed by atoms with Crippen molar-refractivity contribution in [1.82, 2.24) is 0 Å². The van der Waals surface area contributed by atoms with Crippen LogP contribution in [-0.2, 0) is 4.79 Å². The van der Waals surface area contributed by atoms with Crippen molar-refractivity contribution in [2.24, 2.45) is 29.1 Å². The minimum atomic E-state index is -0.0571. The molecule has 4 aliphatic rings. The van der Waals surface area contributed by atoms with Crippen LogP contribution >= 0.6 is 0 Å². The lowest BCUT2D eigenvalue weighted by molar-refractivity contribution is -0.116. The highest BCUT2D eigenvalue weighted by molar-refractivity contribution is 5.91. The number of rotatable bonds is 1. The number of carbonyl (C=O) groups excluding carboxylic acids is 1. The molecular weight excluding hydrogens is 260 g/mol. The largest absolute Gasteiger partial charge is 0.393 e. The molecule has 0 radical (unpaired) electrons. The van der Waals surface area contributed by atoms with Gasteiger partial charge < -0.3 is 5.11 Å². The van der Waals surface area contributed by atoms with Gasteiger partial charge in [0.1, 0.15) is 0 Å². The second-order valence-corrected chi connectivity index (χ2v) is 8.02. The molecule has 0 heterocycles. The van der Waals surface area contributed by atoms with Crippen molar-refractivity contribution >= 4 is 5.78 Å². The van der Waals surface area contributed by atoms with Crippen LogP contribution in [0.2, 0.25) is 0 Å². The van der Waals surface area contributed by atoms with Crippen molar-refractivity contribution in [2.45, 2.75) is 70.8 Å². The van der Waals surface area contributed by atoms with E-state index < -0.39 is 0 Å². The Bertz CT molecular complexity index is 480. The fourth-order valence-electron chi connectivity index (χ4n) is 6.64. The molecule has 0 aromatic heterocycles. The Morgan fingerprint density at radius 3 is 2.81 bits per heavy atom. The smallest absolute Gasteiger partial charge is 0.155 e. The maximum atomic E-state index is 11.7. The predicted molar refractivity (Wildman–Crippen MR) is 82.7 cm³/mol. The van der Waals surface area contributed by atoms with E-state index in [2.05, 4.69) is 6.92 Å². The third-order valence-electron chi connectivity index (χ3n) is 7.63. The summed E-state index contributed by atoms with van der Waals surface area (Å²) in [6.07, 6.45) is 12.1. The van der Waals surface area contributed by atoms with Crippen molar-refractivity contribution in [2.75, 3.05) is 0 Å². The van der Waals surface area contributed by atoms with Gasteiger partial charge in [-0.3, -0.25) is 4.79 Å². The fraction of sp³-hybridized carbons (Fsp3) is 0.842. The lowest BCUT2D eigenvalue weighted by Gasteiger charge is -2.54. The molecule has 0 aliphatic heterocycles.